The Morgan fingerprint density at radius 2 is 1.71 bits per heavy atom. The Hall–Kier alpha value is -4.03. The largest absolute Gasteiger partial charge is 0.507 e. The van der Waals surface area contributed by atoms with Gasteiger partial charge in [-0.2, -0.15) is 0 Å². The molecule has 6 nitrogen and oxygen atoms in total. The summed E-state index contributed by atoms with van der Waals surface area (Å²) < 4.78 is 11.2. The highest BCUT2D eigenvalue weighted by Gasteiger charge is 2.44. The number of halogens is 1. The molecule has 3 aromatic carbocycles. The molecule has 3 aromatic rings. The molecule has 2 N–H and O–H groups in total. The summed E-state index contributed by atoms with van der Waals surface area (Å²) in [6.07, 6.45) is 1.69. The molecule has 0 spiro atoms. The lowest BCUT2D eigenvalue weighted by molar-refractivity contribution is -0.116. The molecule has 0 radical (unpaired) electrons. The Bertz CT molecular complexity index is 1470. The Balaban J connectivity index is 1.86. The van der Waals surface area contributed by atoms with Crippen molar-refractivity contribution < 1.29 is 19.4 Å². The number of ketones is 1. The maximum Gasteiger partial charge on any atom is 0.161 e. The van der Waals surface area contributed by atoms with Gasteiger partial charge in [-0.1, -0.05) is 41.4 Å². The number of anilines is 1. The Morgan fingerprint density at radius 1 is 1.00 bits per heavy atom. The average molecular weight is 529 g/mol. The molecule has 194 valence electrons. The van der Waals surface area contributed by atoms with Crippen LogP contribution in [0.5, 0.6) is 11.5 Å². The van der Waals surface area contributed by atoms with Crippen LogP contribution in [0.25, 0.3) is 5.76 Å². The third-order valence-electron chi connectivity index (χ3n) is 7.17. The standard InChI is InChI=1S/C31H29ClN2O4/c1-18-7-9-19(10-8-18)30(36)29-27(23-17-22(37-2)15-16-26(23)38-3)28-24(5-4-6-25(28)35)34(31(29)33)21-13-11-20(32)12-14-21/h7-17,27,33,36H,4-6H2,1-3H3/t27-/m0/s1. The molecule has 0 amide bonds. The first-order chi connectivity index (χ1) is 18.3. The second kappa shape index (κ2) is 10.4. The van der Waals surface area contributed by atoms with Crippen LogP contribution in [0.1, 0.15) is 41.9 Å². The fourth-order valence-corrected chi connectivity index (χ4v) is 5.44. The van der Waals surface area contributed by atoms with Crippen molar-refractivity contribution in [2.75, 3.05) is 19.1 Å². The van der Waals surface area contributed by atoms with Gasteiger partial charge in [0.2, 0.25) is 0 Å². The summed E-state index contributed by atoms with van der Waals surface area (Å²) >= 11 is 6.17. The zero-order chi connectivity index (χ0) is 27.0. The number of aliphatic hydroxyl groups excluding tert-OH is 1. The molecule has 2 aliphatic rings. The number of hydrogen-bond donors (Lipinski definition) is 2. The highest BCUT2D eigenvalue weighted by molar-refractivity contribution is 6.30. The second-order valence-electron chi connectivity index (χ2n) is 9.47. The van der Waals surface area contributed by atoms with E-state index in [2.05, 4.69) is 0 Å². The number of methoxy groups -OCH3 is 2. The van der Waals surface area contributed by atoms with Crippen molar-refractivity contribution in [3.05, 3.63) is 105 Å². The number of carbonyl (C=O) groups is 1. The quantitative estimate of drug-likeness (QED) is 0.341. The number of hydrogen-bond acceptors (Lipinski definition) is 5. The minimum atomic E-state index is -0.722. The monoisotopic (exact) mass is 528 g/mol. The molecular formula is C31H29ClN2O4. The fourth-order valence-electron chi connectivity index (χ4n) is 5.31. The van der Waals surface area contributed by atoms with E-state index in [0.29, 0.717) is 63.7 Å². The van der Waals surface area contributed by atoms with E-state index >= 15 is 0 Å². The summed E-state index contributed by atoms with van der Waals surface area (Å²) in [4.78, 5) is 15.5. The minimum absolute atomic E-state index is 0.0122. The molecule has 0 saturated carbocycles. The van der Waals surface area contributed by atoms with Gasteiger partial charge >= 0.3 is 0 Å². The van der Waals surface area contributed by atoms with E-state index < -0.39 is 5.92 Å². The summed E-state index contributed by atoms with van der Waals surface area (Å²) in [7, 11) is 3.15. The van der Waals surface area contributed by atoms with Gasteiger partial charge in [0.15, 0.2) is 5.78 Å². The molecule has 1 atom stereocenters. The molecule has 0 unspecified atom stereocenters. The van der Waals surface area contributed by atoms with E-state index in [-0.39, 0.29) is 17.4 Å². The smallest absolute Gasteiger partial charge is 0.161 e. The lowest BCUT2D eigenvalue weighted by Crippen LogP contribution is -2.42. The molecule has 5 rings (SSSR count). The third-order valence-corrected chi connectivity index (χ3v) is 7.42. The van der Waals surface area contributed by atoms with Gasteiger partial charge in [0.1, 0.15) is 23.1 Å². The highest BCUT2D eigenvalue weighted by Crippen LogP contribution is 2.50. The lowest BCUT2D eigenvalue weighted by atomic mass is 9.73. The van der Waals surface area contributed by atoms with E-state index in [1.165, 1.54) is 0 Å². The number of aliphatic hydroxyl groups is 1. The van der Waals surface area contributed by atoms with Crippen LogP contribution in [0, 0.1) is 12.3 Å². The number of benzene rings is 3. The van der Waals surface area contributed by atoms with Crippen LogP contribution in [0.2, 0.25) is 5.02 Å². The first-order valence-corrected chi connectivity index (χ1v) is 12.8. The summed E-state index contributed by atoms with van der Waals surface area (Å²) in [6.45, 7) is 1.97. The normalized spacial score (nSPS) is 18.8. The topological polar surface area (TPSA) is 82.8 Å². The molecular weight excluding hydrogens is 500 g/mol. The number of nitrogens with zero attached hydrogens (tertiary/aromatic N) is 1. The minimum Gasteiger partial charge on any atom is -0.507 e. The summed E-state index contributed by atoms with van der Waals surface area (Å²) in [5, 5.41) is 21.8. The number of aryl methyl sites for hydroxylation is 1. The number of ether oxygens (including phenoxy) is 2. The number of amidine groups is 1. The number of nitrogens with one attached hydrogen (secondary N) is 1. The maximum absolute atomic E-state index is 13.7. The van der Waals surface area contributed by atoms with Crippen molar-refractivity contribution in [2.45, 2.75) is 32.1 Å². The molecule has 38 heavy (non-hydrogen) atoms. The molecule has 0 bridgehead atoms. The molecule has 0 fully saturated rings. The van der Waals surface area contributed by atoms with Crippen molar-refractivity contribution in [1.29, 1.82) is 5.41 Å². The third kappa shape index (κ3) is 4.45. The first kappa shape index (κ1) is 25.6. The van der Waals surface area contributed by atoms with Crippen LogP contribution >= 0.6 is 11.6 Å². The molecule has 0 saturated heterocycles. The Morgan fingerprint density at radius 3 is 2.37 bits per heavy atom. The molecule has 1 aliphatic heterocycles. The van der Waals surface area contributed by atoms with Gasteiger partial charge in [-0.25, -0.2) is 0 Å². The number of allylic oxidation sites excluding steroid dienone is 2. The first-order valence-electron chi connectivity index (χ1n) is 12.5. The van der Waals surface area contributed by atoms with Gasteiger partial charge < -0.3 is 14.6 Å². The van der Waals surface area contributed by atoms with Gasteiger partial charge in [-0.3, -0.25) is 15.1 Å². The number of carbonyl (C=O) groups excluding carboxylic acids is 1. The van der Waals surface area contributed by atoms with Crippen molar-refractivity contribution >= 4 is 34.7 Å². The van der Waals surface area contributed by atoms with E-state index in [1.54, 1.807) is 43.4 Å². The van der Waals surface area contributed by atoms with Gasteiger partial charge in [0, 0.05) is 45.1 Å². The molecule has 0 aromatic heterocycles. The van der Waals surface area contributed by atoms with Crippen LogP contribution in [0.15, 0.2) is 83.6 Å². The van der Waals surface area contributed by atoms with Gasteiger partial charge in [0.05, 0.1) is 20.1 Å². The summed E-state index contributed by atoms with van der Waals surface area (Å²) in [5.74, 6) is 0.430. The Kier molecular flexibility index (Phi) is 7.00. The van der Waals surface area contributed by atoms with Crippen molar-refractivity contribution in [3.8, 4) is 11.5 Å². The predicted octanol–water partition coefficient (Wildman–Crippen LogP) is 7.22. The van der Waals surface area contributed by atoms with Crippen LogP contribution in [-0.2, 0) is 4.79 Å². The predicted molar refractivity (Wildman–Crippen MR) is 151 cm³/mol. The van der Waals surface area contributed by atoms with E-state index in [0.717, 1.165) is 11.3 Å². The molecule has 1 heterocycles. The second-order valence-corrected chi connectivity index (χ2v) is 9.90. The summed E-state index contributed by atoms with van der Waals surface area (Å²) in [6, 6.07) is 20.0. The maximum atomic E-state index is 13.7. The fraction of sp³-hybridized carbons (Fsp3) is 0.226. The van der Waals surface area contributed by atoms with Crippen molar-refractivity contribution in [1.82, 2.24) is 0 Å². The van der Waals surface area contributed by atoms with Gasteiger partial charge in [-0.15, -0.1) is 0 Å². The van der Waals surface area contributed by atoms with Gasteiger partial charge in [0.25, 0.3) is 0 Å². The number of Topliss-reactive ketones (excluding diaryl/α,β-unsaturated/α-hetero) is 1. The van der Waals surface area contributed by atoms with Crippen LogP contribution < -0.4 is 14.4 Å². The van der Waals surface area contributed by atoms with Crippen LogP contribution in [0.4, 0.5) is 5.69 Å². The molecule has 7 heteroatoms. The van der Waals surface area contributed by atoms with E-state index in [9.17, 15) is 15.3 Å². The van der Waals surface area contributed by atoms with Crippen LogP contribution in [-0.4, -0.2) is 30.9 Å². The number of rotatable bonds is 5. The van der Waals surface area contributed by atoms with E-state index in [1.807, 2.05) is 49.4 Å². The zero-order valence-corrected chi connectivity index (χ0v) is 22.3. The Labute approximate surface area is 227 Å². The van der Waals surface area contributed by atoms with Crippen molar-refractivity contribution in [2.24, 2.45) is 0 Å². The van der Waals surface area contributed by atoms with Gasteiger partial charge in [-0.05, 0) is 62.2 Å². The average Bonchev–Trinajstić information content (AvgIpc) is 2.93. The highest BCUT2D eigenvalue weighted by atomic mass is 35.5. The van der Waals surface area contributed by atoms with Crippen molar-refractivity contribution in [3.63, 3.8) is 0 Å². The lowest BCUT2D eigenvalue weighted by Gasteiger charge is -2.42. The van der Waals surface area contributed by atoms with E-state index in [4.69, 9.17) is 21.1 Å². The zero-order valence-electron chi connectivity index (χ0n) is 21.5. The molecule has 1 aliphatic carbocycles. The summed E-state index contributed by atoms with van der Waals surface area (Å²) in [5.41, 5.74) is 4.60. The SMILES string of the molecule is COc1ccc(OC)c([C@@H]2C(=C(O)c3ccc(C)cc3)C(=N)N(c3ccc(Cl)cc3)C3=C2C(=O)CCC3)c1. The van der Waals surface area contributed by atoms with Crippen LogP contribution in [0.3, 0.4) is 0 Å².